The van der Waals surface area contributed by atoms with Crippen LogP contribution in [0.1, 0.15) is 43.2 Å². The van der Waals surface area contributed by atoms with E-state index < -0.39 is 17.7 Å². The first-order valence-corrected chi connectivity index (χ1v) is 7.38. The average molecular weight is 329 g/mol. The minimum absolute atomic E-state index is 0.0194. The summed E-state index contributed by atoms with van der Waals surface area (Å²) in [7, 11) is 0. The molecule has 0 saturated heterocycles. The van der Waals surface area contributed by atoms with Crippen LogP contribution in [-0.4, -0.2) is 23.0 Å². The van der Waals surface area contributed by atoms with Crippen LogP contribution in [0.3, 0.4) is 0 Å². The van der Waals surface area contributed by atoms with Crippen LogP contribution in [0.4, 0.5) is 13.2 Å². The second-order valence-corrected chi connectivity index (χ2v) is 5.91. The fourth-order valence-electron chi connectivity index (χ4n) is 2.53. The Bertz CT molecular complexity index is 583. The van der Waals surface area contributed by atoms with Crippen molar-refractivity contribution in [2.75, 3.05) is 0 Å². The van der Waals surface area contributed by atoms with E-state index in [-0.39, 0.29) is 30.2 Å². The summed E-state index contributed by atoms with van der Waals surface area (Å²) < 4.78 is 37.5. The highest BCUT2D eigenvalue weighted by atomic mass is 19.4. The van der Waals surface area contributed by atoms with Crippen molar-refractivity contribution in [2.45, 2.75) is 44.3 Å². The van der Waals surface area contributed by atoms with Gasteiger partial charge in [0.2, 0.25) is 5.91 Å². The number of aliphatic carboxylic acids is 1. The Labute approximate surface area is 131 Å². The molecule has 0 heterocycles. The highest BCUT2D eigenvalue weighted by Gasteiger charge is 2.44. The Morgan fingerprint density at radius 1 is 1.30 bits per heavy atom. The Hall–Kier alpha value is -2.05. The number of alkyl halides is 3. The highest BCUT2D eigenvalue weighted by molar-refractivity contribution is 5.83. The van der Waals surface area contributed by atoms with E-state index in [1.807, 2.05) is 0 Å². The highest BCUT2D eigenvalue weighted by Crippen LogP contribution is 2.48. The van der Waals surface area contributed by atoms with E-state index in [1.165, 1.54) is 12.1 Å². The summed E-state index contributed by atoms with van der Waals surface area (Å²) in [5.41, 5.74) is 0.0153. The fraction of sp³-hybridized carbons (Fsp3) is 0.500. The molecule has 1 saturated carbocycles. The molecule has 1 aliphatic rings. The van der Waals surface area contributed by atoms with Gasteiger partial charge >= 0.3 is 12.1 Å². The van der Waals surface area contributed by atoms with Gasteiger partial charge in [0.05, 0.1) is 5.56 Å². The van der Waals surface area contributed by atoms with E-state index in [4.69, 9.17) is 5.11 Å². The topological polar surface area (TPSA) is 66.4 Å². The molecule has 0 spiro atoms. The molecule has 1 fully saturated rings. The molecule has 1 aromatic carbocycles. The van der Waals surface area contributed by atoms with Crippen LogP contribution < -0.4 is 5.32 Å². The third-order valence-electron chi connectivity index (χ3n) is 3.97. The van der Waals surface area contributed by atoms with Crippen LogP contribution in [0.2, 0.25) is 0 Å². The van der Waals surface area contributed by atoms with Gasteiger partial charge in [-0.15, -0.1) is 0 Å². The Morgan fingerprint density at radius 3 is 2.43 bits per heavy atom. The number of carboxylic acids is 1. The lowest BCUT2D eigenvalue weighted by Crippen LogP contribution is -2.34. The molecular weight excluding hydrogens is 311 g/mol. The van der Waals surface area contributed by atoms with Crippen molar-refractivity contribution >= 4 is 11.9 Å². The van der Waals surface area contributed by atoms with E-state index in [0.29, 0.717) is 12.8 Å². The van der Waals surface area contributed by atoms with Gasteiger partial charge < -0.3 is 10.4 Å². The standard InChI is InChI=1S/C16H18F3NO3/c1-9(2-7-14(21)22)20-15(23)13-8-12(13)10-3-5-11(6-4-10)16(17,18)19/h3-6,9,12-13H,2,7-8H2,1H3,(H,20,23)(H,21,22). The number of nitrogens with one attached hydrogen (secondary N) is 1. The number of benzene rings is 1. The van der Waals surface area contributed by atoms with Crippen LogP contribution in [0, 0.1) is 5.92 Å². The molecule has 0 radical (unpaired) electrons. The molecule has 2 N–H and O–H groups in total. The van der Waals surface area contributed by atoms with Gasteiger partial charge in [-0.2, -0.15) is 13.2 Å². The number of carboxylic acid groups (broad SMARTS) is 1. The zero-order chi connectivity index (χ0) is 17.2. The lowest BCUT2D eigenvalue weighted by atomic mass is 10.1. The molecule has 3 unspecified atom stereocenters. The number of carbonyl (C=O) groups excluding carboxylic acids is 1. The van der Waals surface area contributed by atoms with E-state index in [0.717, 1.165) is 17.7 Å². The van der Waals surface area contributed by atoms with E-state index >= 15 is 0 Å². The normalized spacial score (nSPS) is 21.6. The SMILES string of the molecule is CC(CCC(=O)O)NC(=O)C1CC1c1ccc(C(F)(F)F)cc1. The van der Waals surface area contributed by atoms with Gasteiger partial charge in [0, 0.05) is 18.4 Å². The van der Waals surface area contributed by atoms with Crippen molar-refractivity contribution in [2.24, 2.45) is 5.92 Å². The van der Waals surface area contributed by atoms with E-state index in [1.54, 1.807) is 6.92 Å². The predicted molar refractivity (Wildman–Crippen MR) is 76.8 cm³/mol. The molecule has 1 amide bonds. The van der Waals surface area contributed by atoms with Crippen molar-refractivity contribution < 1.29 is 27.9 Å². The first-order valence-electron chi connectivity index (χ1n) is 7.38. The zero-order valence-corrected chi connectivity index (χ0v) is 12.6. The molecule has 1 aliphatic carbocycles. The number of amides is 1. The zero-order valence-electron chi connectivity index (χ0n) is 12.6. The first kappa shape index (κ1) is 17.3. The maximum Gasteiger partial charge on any atom is 0.416 e. The summed E-state index contributed by atoms with van der Waals surface area (Å²) in [6.45, 7) is 1.73. The summed E-state index contributed by atoms with van der Waals surface area (Å²) in [5.74, 6) is -1.41. The van der Waals surface area contributed by atoms with E-state index in [9.17, 15) is 22.8 Å². The molecule has 3 atom stereocenters. The Balaban J connectivity index is 1.86. The number of halogens is 3. The first-order chi connectivity index (χ1) is 10.7. The maximum atomic E-state index is 12.5. The molecule has 23 heavy (non-hydrogen) atoms. The van der Waals surface area contributed by atoms with Crippen molar-refractivity contribution in [1.29, 1.82) is 0 Å². The van der Waals surface area contributed by atoms with Crippen LogP contribution >= 0.6 is 0 Å². The van der Waals surface area contributed by atoms with Crippen molar-refractivity contribution in [3.63, 3.8) is 0 Å². The molecule has 1 aromatic rings. The summed E-state index contributed by atoms with van der Waals surface area (Å²) in [5, 5.41) is 11.3. The van der Waals surface area contributed by atoms with Gasteiger partial charge in [0.15, 0.2) is 0 Å². The Kier molecular flexibility index (Phi) is 4.97. The van der Waals surface area contributed by atoms with Crippen LogP contribution in [0.25, 0.3) is 0 Å². The molecular formula is C16H18F3NO3. The van der Waals surface area contributed by atoms with Crippen molar-refractivity contribution in [3.05, 3.63) is 35.4 Å². The molecule has 0 bridgehead atoms. The van der Waals surface area contributed by atoms with Gasteiger partial charge in [-0.25, -0.2) is 0 Å². The molecule has 126 valence electrons. The molecule has 0 aliphatic heterocycles. The maximum absolute atomic E-state index is 12.5. The van der Waals surface area contributed by atoms with Gasteiger partial charge in [-0.05, 0) is 43.4 Å². The Morgan fingerprint density at radius 2 is 1.91 bits per heavy atom. The second kappa shape index (κ2) is 6.60. The van der Waals surface area contributed by atoms with Gasteiger partial charge in [0.1, 0.15) is 0 Å². The molecule has 4 nitrogen and oxygen atoms in total. The van der Waals surface area contributed by atoms with E-state index in [2.05, 4.69) is 5.32 Å². The third kappa shape index (κ3) is 4.71. The van der Waals surface area contributed by atoms with Crippen molar-refractivity contribution in [3.8, 4) is 0 Å². The van der Waals surface area contributed by atoms with Gasteiger partial charge in [0.25, 0.3) is 0 Å². The summed E-state index contributed by atoms with van der Waals surface area (Å²) in [6, 6.07) is 4.63. The predicted octanol–water partition coefficient (Wildman–Crippen LogP) is 3.18. The number of carbonyl (C=O) groups is 2. The van der Waals surface area contributed by atoms with Crippen LogP contribution in [0.15, 0.2) is 24.3 Å². The van der Waals surface area contributed by atoms with Gasteiger partial charge in [-0.3, -0.25) is 9.59 Å². The number of hydrogen-bond donors (Lipinski definition) is 2. The monoisotopic (exact) mass is 329 g/mol. The summed E-state index contributed by atoms with van der Waals surface area (Å²) >= 11 is 0. The van der Waals surface area contributed by atoms with Crippen LogP contribution in [-0.2, 0) is 15.8 Å². The largest absolute Gasteiger partial charge is 0.481 e. The molecule has 2 rings (SSSR count). The molecule has 7 heteroatoms. The third-order valence-corrected chi connectivity index (χ3v) is 3.97. The average Bonchev–Trinajstić information content (AvgIpc) is 3.25. The lowest BCUT2D eigenvalue weighted by molar-refractivity contribution is -0.138. The summed E-state index contributed by atoms with van der Waals surface area (Å²) in [4.78, 5) is 22.5. The van der Waals surface area contributed by atoms with Crippen LogP contribution in [0.5, 0.6) is 0 Å². The second-order valence-electron chi connectivity index (χ2n) is 5.91. The van der Waals surface area contributed by atoms with Gasteiger partial charge in [-0.1, -0.05) is 12.1 Å². The quantitative estimate of drug-likeness (QED) is 0.842. The summed E-state index contributed by atoms with van der Waals surface area (Å²) in [6.07, 6.45) is -3.44. The lowest BCUT2D eigenvalue weighted by Gasteiger charge is -2.12. The number of rotatable bonds is 6. The number of hydrogen-bond acceptors (Lipinski definition) is 2. The minimum Gasteiger partial charge on any atom is -0.481 e. The molecule has 0 aromatic heterocycles. The minimum atomic E-state index is -4.36. The van der Waals surface area contributed by atoms with Crippen molar-refractivity contribution in [1.82, 2.24) is 5.32 Å². The fourth-order valence-corrected chi connectivity index (χ4v) is 2.53. The smallest absolute Gasteiger partial charge is 0.416 e.